The van der Waals surface area contributed by atoms with Gasteiger partial charge in [0.05, 0.1) is 0 Å². The fourth-order valence-corrected chi connectivity index (χ4v) is 0.224. The molecule has 0 aromatic carbocycles. The Morgan fingerprint density at radius 3 is 1.56 bits per heavy atom. The van der Waals surface area contributed by atoms with Crippen LogP contribution in [0.25, 0.3) is 0 Å². The molecule has 1 N–H and O–H groups in total. The molecule has 6 nitrogen and oxygen atoms in total. The first-order valence-electron chi connectivity index (χ1n) is 1.76. The number of rotatable bonds is 2. The Balaban J connectivity index is 0. The maximum atomic E-state index is 10.1. The van der Waals surface area contributed by atoms with Gasteiger partial charge in [0, 0.05) is 25.0 Å². The number of phosphoric acid groups is 1. The van der Waals surface area contributed by atoms with E-state index in [0.717, 1.165) is 14.2 Å². The molecule has 9 heavy (non-hydrogen) atoms. The summed E-state index contributed by atoms with van der Waals surface area (Å²) < 4.78 is 18.0. The molecule has 0 radical (unpaired) electrons. The minimum atomic E-state index is -3.65. The third-order valence-electron chi connectivity index (χ3n) is 0.461. The summed E-state index contributed by atoms with van der Waals surface area (Å²) in [6, 6.07) is 0. The average molecular weight is 154 g/mol. The Morgan fingerprint density at radius 1 is 1.33 bits per heavy atom. The number of nitrogens with zero attached hydrogens (tertiary/aromatic N) is 2. The van der Waals surface area contributed by atoms with Crippen LogP contribution in [-0.2, 0) is 13.6 Å². The summed E-state index contributed by atoms with van der Waals surface area (Å²) in [6.45, 7) is 0. The van der Waals surface area contributed by atoms with E-state index >= 15 is 0 Å². The van der Waals surface area contributed by atoms with Gasteiger partial charge in [-0.3, -0.25) is 9.05 Å². The molecule has 0 aliphatic heterocycles. The average Bonchev–Trinajstić information content (AvgIpc) is 1.93. The van der Waals surface area contributed by atoms with E-state index in [4.69, 9.17) is 15.7 Å². The minimum Gasteiger partial charge on any atom is -0.303 e. The molecule has 0 fully saturated rings. The molecular weight excluding hydrogens is 147 g/mol. The van der Waals surface area contributed by atoms with E-state index < -0.39 is 7.82 Å². The quantitative estimate of drug-likeness (QED) is 0.456. The van der Waals surface area contributed by atoms with Gasteiger partial charge in [0.1, 0.15) is 0 Å². The first-order chi connectivity index (χ1) is 4.12. The Kier molecular flexibility index (Phi) is 7.14. The lowest BCUT2D eigenvalue weighted by atomic mass is 11.8. The van der Waals surface area contributed by atoms with Gasteiger partial charge in [-0.25, -0.2) is 4.57 Å². The van der Waals surface area contributed by atoms with E-state index in [1.54, 1.807) is 0 Å². The normalized spacial score (nSPS) is 9.44. The molecular formula is C2H7N2O4P. The van der Waals surface area contributed by atoms with Crippen LogP contribution in [0.15, 0.2) is 0 Å². The summed E-state index contributed by atoms with van der Waals surface area (Å²) in [5.41, 5.74) is 0. The molecule has 0 aliphatic rings. The zero-order valence-electron chi connectivity index (χ0n) is 5.01. The van der Waals surface area contributed by atoms with Gasteiger partial charge in [-0.2, -0.15) is 0 Å². The second kappa shape index (κ2) is 5.66. The number of hydrogen-bond acceptors (Lipinski definition) is 5. The predicted octanol–water partition coefficient (Wildman–Crippen LogP) is 0.410. The Labute approximate surface area is 52.4 Å². The van der Waals surface area contributed by atoms with E-state index in [2.05, 4.69) is 9.05 Å². The molecule has 0 heterocycles. The van der Waals surface area contributed by atoms with Gasteiger partial charge >= 0.3 is 7.82 Å². The van der Waals surface area contributed by atoms with Crippen molar-refractivity contribution in [2.24, 2.45) is 0 Å². The van der Waals surface area contributed by atoms with Gasteiger partial charge < -0.3 is 4.89 Å². The summed E-state index contributed by atoms with van der Waals surface area (Å²) in [6.07, 6.45) is 0. The number of phosphoric ester groups is 1. The minimum absolute atomic E-state index is 1.10. The van der Waals surface area contributed by atoms with E-state index in [1.807, 2.05) is 0 Å². The molecule has 0 unspecified atom stereocenters. The molecule has 0 aliphatic carbocycles. The highest BCUT2D eigenvalue weighted by molar-refractivity contribution is 7.47. The van der Waals surface area contributed by atoms with Gasteiger partial charge in [-0.15, -0.1) is 0 Å². The highest BCUT2D eigenvalue weighted by atomic mass is 31.2. The van der Waals surface area contributed by atoms with Crippen molar-refractivity contribution in [1.82, 2.24) is 0 Å². The van der Waals surface area contributed by atoms with Crippen LogP contribution >= 0.6 is 7.82 Å². The summed E-state index contributed by atoms with van der Waals surface area (Å²) in [5, 5.41) is 12.0. The molecule has 54 valence electrons. The molecule has 7 heteroatoms. The molecule has 0 rings (SSSR count). The predicted molar refractivity (Wildman–Crippen MR) is 27.3 cm³/mol. The largest absolute Gasteiger partial charge is 0.471 e. The topological polar surface area (TPSA) is 103 Å². The molecule has 0 aromatic rings. The van der Waals surface area contributed by atoms with Crippen molar-refractivity contribution >= 4 is 7.82 Å². The van der Waals surface area contributed by atoms with E-state index in [9.17, 15) is 4.57 Å². The van der Waals surface area contributed by atoms with E-state index in [-0.39, 0.29) is 0 Å². The van der Waals surface area contributed by atoms with Gasteiger partial charge in [0.2, 0.25) is 0 Å². The number of hydrogen-bond donors (Lipinski definition) is 1. The van der Waals surface area contributed by atoms with Crippen LogP contribution in [0.5, 0.6) is 0 Å². The SMILES string of the molecule is COP(=O)(O)OC.N#N. The van der Waals surface area contributed by atoms with Crippen molar-refractivity contribution in [3.05, 3.63) is 0 Å². The first-order valence-corrected chi connectivity index (χ1v) is 3.26. The lowest BCUT2D eigenvalue weighted by molar-refractivity contribution is 0.204. The van der Waals surface area contributed by atoms with Crippen LogP contribution in [-0.4, -0.2) is 19.1 Å². The van der Waals surface area contributed by atoms with Crippen LogP contribution < -0.4 is 0 Å². The second-order valence-corrected chi connectivity index (χ2v) is 2.50. The fraction of sp³-hybridized carbons (Fsp3) is 1.00. The van der Waals surface area contributed by atoms with Gasteiger partial charge in [0.15, 0.2) is 0 Å². The van der Waals surface area contributed by atoms with Crippen molar-refractivity contribution in [1.29, 1.82) is 10.8 Å². The van der Waals surface area contributed by atoms with Crippen molar-refractivity contribution in [2.75, 3.05) is 14.2 Å². The summed E-state index contributed by atoms with van der Waals surface area (Å²) in [5.74, 6) is 0. The third kappa shape index (κ3) is 7.53. The third-order valence-corrected chi connectivity index (χ3v) is 1.38. The molecule has 0 spiro atoms. The molecule has 0 amide bonds. The summed E-state index contributed by atoms with van der Waals surface area (Å²) in [4.78, 5) is 8.24. The zero-order chi connectivity index (χ0) is 7.91. The second-order valence-electron chi connectivity index (χ2n) is 0.834. The monoisotopic (exact) mass is 154 g/mol. The Morgan fingerprint density at radius 2 is 1.56 bits per heavy atom. The van der Waals surface area contributed by atoms with Crippen LogP contribution in [0.3, 0.4) is 0 Å². The lowest BCUT2D eigenvalue weighted by Gasteiger charge is -2.01. The van der Waals surface area contributed by atoms with Crippen molar-refractivity contribution < 1.29 is 18.5 Å². The van der Waals surface area contributed by atoms with Crippen LogP contribution in [0, 0.1) is 10.8 Å². The van der Waals surface area contributed by atoms with Gasteiger partial charge in [-0.05, 0) is 0 Å². The van der Waals surface area contributed by atoms with Crippen LogP contribution in [0.2, 0.25) is 0 Å². The Bertz CT molecular complexity index is 115. The standard InChI is InChI=1S/C2H7O4P.N2/c1-5-7(3,4)6-2;1-2/h1-2H3,(H,3,4);. The summed E-state index contributed by atoms with van der Waals surface area (Å²) in [7, 11) is -1.45. The van der Waals surface area contributed by atoms with Crippen LogP contribution in [0.4, 0.5) is 0 Å². The molecule has 0 aromatic heterocycles. The highest BCUT2D eigenvalue weighted by Gasteiger charge is 2.13. The molecule has 0 bridgehead atoms. The van der Waals surface area contributed by atoms with Crippen molar-refractivity contribution in [2.45, 2.75) is 0 Å². The maximum absolute atomic E-state index is 10.1. The van der Waals surface area contributed by atoms with Crippen molar-refractivity contribution in [3.8, 4) is 0 Å². The Hall–Kier alpha value is -0.470. The maximum Gasteiger partial charge on any atom is 0.471 e. The molecule has 0 saturated carbocycles. The molecule has 0 atom stereocenters. The van der Waals surface area contributed by atoms with Crippen molar-refractivity contribution in [3.63, 3.8) is 0 Å². The smallest absolute Gasteiger partial charge is 0.303 e. The van der Waals surface area contributed by atoms with Gasteiger partial charge in [0.25, 0.3) is 0 Å². The highest BCUT2D eigenvalue weighted by Crippen LogP contribution is 2.40. The van der Waals surface area contributed by atoms with E-state index in [0.29, 0.717) is 0 Å². The van der Waals surface area contributed by atoms with E-state index in [1.165, 1.54) is 0 Å². The zero-order valence-corrected chi connectivity index (χ0v) is 5.91. The lowest BCUT2D eigenvalue weighted by Crippen LogP contribution is -1.83. The van der Waals surface area contributed by atoms with Crippen LogP contribution in [0.1, 0.15) is 0 Å². The molecule has 0 saturated heterocycles. The summed E-state index contributed by atoms with van der Waals surface area (Å²) >= 11 is 0. The fourth-order valence-electron chi connectivity index (χ4n) is 0.0745. The van der Waals surface area contributed by atoms with Gasteiger partial charge in [-0.1, -0.05) is 0 Å². The first kappa shape index (κ1) is 11.3.